The van der Waals surface area contributed by atoms with Crippen LogP contribution in [0, 0.1) is 0 Å². The lowest BCUT2D eigenvalue weighted by molar-refractivity contribution is 0.0996. The quantitative estimate of drug-likeness (QED) is 0.767. The van der Waals surface area contributed by atoms with E-state index in [2.05, 4.69) is 20.8 Å². The van der Waals surface area contributed by atoms with Gasteiger partial charge in [-0.15, -0.1) is 10.2 Å². The molecule has 3 aromatic rings. The summed E-state index contributed by atoms with van der Waals surface area (Å²) in [5.41, 5.74) is 0.728. The zero-order chi connectivity index (χ0) is 15.4. The number of nitrogens with one attached hydrogen (secondary N) is 2. The number of halogens is 1. The molecule has 0 atom stereocenters. The van der Waals surface area contributed by atoms with Gasteiger partial charge in [-0.1, -0.05) is 23.7 Å². The van der Waals surface area contributed by atoms with Crippen molar-refractivity contribution in [2.75, 3.05) is 10.6 Å². The smallest absolute Gasteiger partial charge is 0.292 e. The monoisotopic (exact) mass is 314 g/mol. The third-order valence-corrected chi connectivity index (χ3v) is 3.12. The van der Waals surface area contributed by atoms with E-state index in [1.54, 1.807) is 30.3 Å². The minimum absolute atomic E-state index is 0.208. The Bertz CT molecular complexity index is 773. The first kappa shape index (κ1) is 14.1. The maximum absolute atomic E-state index is 11.8. The van der Waals surface area contributed by atoms with Crippen molar-refractivity contribution < 1.29 is 9.21 Å². The highest BCUT2D eigenvalue weighted by Crippen LogP contribution is 2.23. The normalized spacial score (nSPS) is 10.2. The van der Waals surface area contributed by atoms with Gasteiger partial charge in [0.25, 0.3) is 5.91 Å². The fraction of sp³-hybridized carbons (Fsp3) is 0. The summed E-state index contributed by atoms with van der Waals surface area (Å²) in [6, 6.07) is 13.8. The molecule has 0 fully saturated rings. The highest BCUT2D eigenvalue weighted by molar-refractivity contribution is 6.33. The topological polar surface area (TPSA) is 80.0 Å². The summed E-state index contributed by atoms with van der Waals surface area (Å²) < 4.78 is 5.00. The zero-order valence-corrected chi connectivity index (χ0v) is 12.0. The predicted octanol–water partition coefficient (Wildman–Crippen LogP) is 3.72. The van der Waals surface area contributed by atoms with E-state index >= 15 is 0 Å². The van der Waals surface area contributed by atoms with Crippen molar-refractivity contribution in [2.24, 2.45) is 0 Å². The van der Waals surface area contributed by atoms with Crippen molar-refractivity contribution in [1.29, 1.82) is 0 Å². The summed E-state index contributed by atoms with van der Waals surface area (Å²) in [5, 5.41) is 14.1. The fourth-order valence-electron chi connectivity index (χ4n) is 1.75. The highest BCUT2D eigenvalue weighted by Gasteiger charge is 2.09. The van der Waals surface area contributed by atoms with E-state index in [0.717, 1.165) is 5.69 Å². The number of furan rings is 1. The van der Waals surface area contributed by atoms with Crippen LogP contribution >= 0.6 is 11.6 Å². The molecule has 22 heavy (non-hydrogen) atoms. The van der Waals surface area contributed by atoms with Crippen LogP contribution in [0.25, 0.3) is 0 Å². The molecule has 0 aliphatic rings. The lowest BCUT2D eigenvalue weighted by atomic mass is 10.3. The first-order valence-corrected chi connectivity index (χ1v) is 6.80. The van der Waals surface area contributed by atoms with E-state index in [0.29, 0.717) is 16.7 Å². The van der Waals surface area contributed by atoms with Crippen LogP contribution in [0.15, 0.2) is 59.2 Å². The molecule has 3 rings (SSSR count). The Labute approximate surface area is 131 Å². The number of hydrogen-bond acceptors (Lipinski definition) is 5. The number of benzene rings is 1. The largest absolute Gasteiger partial charge is 0.459 e. The fourth-order valence-corrected chi connectivity index (χ4v) is 1.93. The van der Waals surface area contributed by atoms with Gasteiger partial charge in [0.15, 0.2) is 17.4 Å². The Hall–Kier alpha value is -2.86. The minimum Gasteiger partial charge on any atom is -0.459 e. The molecule has 1 amide bonds. The number of anilines is 3. The molecular weight excluding hydrogens is 304 g/mol. The zero-order valence-electron chi connectivity index (χ0n) is 11.3. The van der Waals surface area contributed by atoms with Gasteiger partial charge in [0.05, 0.1) is 17.0 Å². The molecule has 0 radical (unpaired) electrons. The van der Waals surface area contributed by atoms with Gasteiger partial charge in [-0.05, 0) is 36.4 Å². The number of amides is 1. The second kappa shape index (κ2) is 6.28. The SMILES string of the molecule is O=C(Nc1ccc(Nc2ccccc2Cl)nn1)c1ccco1. The number of rotatable bonds is 4. The molecule has 1 aromatic carbocycles. The maximum atomic E-state index is 11.8. The molecular formula is C15H11ClN4O2. The Morgan fingerprint density at radius 3 is 2.45 bits per heavy atom. The van der Waals surface area contributed by atoms with E-state index < -0.39 is 0 Å². The van der Waals surface area contributed by atoms with Gasteiger partial charge < -0.3 is 15.1 Å². The van der Waals surface area contributed by atoms with Gasteiger partial charge in [-0.25, -0.2) is 0 Å². The van der Waals surface area contributed by atoms with Crippen LogP contribution in [0.2, 0.25) is 5.02 Å². The molecule has 0 spiro atoms. The molecule has 2 aromatic heterocycles. The molecule has 2 heterocycles. The third kappa shape index (κ3) is 3.24. The molecule has 0 unspecified atom stereocenters. The van der Waals surface area contributed by atoms with Crippen LogP contribution in [0.3, 0.4) is 0 Å². The lowest BCUT2D eigenvalue weighted by Gasteiger charge is -2.07. The van der Waals surface area contributed by atoms with Crippen LogP contribution in [0.1, 0.15) is 10.6 Å². The molecule has 7 heteroatoms. The van der Waals surface area contributed by atoms with E-state index in [1.807, 2.05) is 18.2 Å². The molecule has 0 aliphatic carbocycles. The summed E-state index contributed by atoms with van der Waals surface area (Å²) in [6.07, 6.45) is 1.43. The number of hydrogen-bond donors (Lipinski definition) is 2. The molecule has 6 nitrogen and oxygen atoms in total. The van der Waals surface area contributed by atoms with Gasteiger partial charge in [0.1, 0.15) is 0 Å². The van der Waals surface area contributed by atoms with E-state index in [1.165, 1.54) is 6.26 Å². The average molecular weight is 315 g/mol. The van der Waals surface area contributed by atoms with Gasteiger partial charge in [-0.2, -0.15) is 0 Å². The van der Waals surface area contributed by atoms with Crippen LogP contribution in [0.4, 0.5) is 17.3 Å². The van der Waals surface area contributed by atoms with E-state index in [9.17, 15) is 4.79 Å². The van der Waals surface area contributed by atoms with Crippen LogP contribution in [0.5, 0.6) is 0 Å². The number of aromatic nitrogens is 2. The van der Waals surface area contributed by atoms with Gasteiger partial charge in [0.2, 0.25) is 0 Å². The molecule has 0 saturated carbocycles. The molecule has 0 bridgehead atoms. The summed E-state index contributed by atoms with van der Waals surface area (Å²) in [5.74, 6) is 0.668. The minimum atomic E-state index is -0.383. The van der Waals surface area contributed by atoms with Crippen molar-refractivity contribution in [1.82, 2.24) is 10.2 Å². The standard InChI is InChI=1S/C15H11ClN4O2/c16-10-4-1-2-5-11(10)17-13-7-8-14(20-19-13)18-15(21)12-6-3-9-22-12/h1-9H,(H,17,19)(H,18,20,21). The summed E-state index contributed by atoms with van der Waals surface area (Å²) >= 11 is 6.05. The first-order chi connectivity index (χ1) is 10.7. The van der Waals surface area contributed by atoms with Crippen LogP contribution in [-0.4, -0.2) is 16.1 Å². The number of carbonyl (C=O) groups is 1. The van der Waals surface area contributed by atoms with E-state index in [-0.39, 0.29) is 11.7 Å². The first-order valence-electron chi connectivity index (χ1n) is 6.42. The molecule has 2 N–H and O–H groups in total. The van der Waals surface area contributed by atoms with Crippen molar-refractivity contribution >= 4 is 34.8 Å². The summed E-state index contributed by atoms with van der Waals surface area (Å²) in [7, 11) is 0. The van der Waals surface area contributed by atoms with Crippen molar-refractivity contribution in [3.8, 4) is 0 Å². The second-order valence-corrected chi connectivity index (χ2v) is 4.75. The van der Waals surface area contributed by atoms with Gasteiger partial charge in [0, 0.05) is 0 Å². The third-order valence-electron chi connectivity index (χ3n) is 2.79. The summed E-state index contributed by atoms with van der Waals surface area (Å²) in [6.45, 7) is 0. The Kier molecular flexibility index (Phi) is 4.02. The van der Waals surface area contributed by atoms with Gasteiger partial charge in [-0.3, -0.25) is 4.79 Å². The Morgan fingerprint density at radius 2 is 1.77 bits per heavy atom. The Balaban J connectivity index is 1.68. The summed E-state index contributed by atoms with van der Waals surface area (Å²) in [4.78, 5) is 11.8. The lowest BCUT2D eigenvalue weighted by Crippen LogP contribution is -2.12. The van der Waals surface area contributed by atoms with Crippen molar-refractivity contribution in [2.45, 2.75) is 0 Å². The second-order valence-electron chi connectivity index (χ2n) is 4.34. The number of carbonyl (C=O) groups excluding carboxylic acids is 1. The highest BCUT2D eigenvalue weighted by atomic mass is 35.5. The molecule has 110 valence electrons. The Morgan fingerprint density at radius 1 is 1.00 bits per heavy atom. The average Bonchev–Trinajstić information content (AvgIpc) is 3.06. The molecule has 0 saturated heterocycles. The number of para-hydroxylation sites is 1. The number of nitrogens with zero attached hydrogens (tertiary/aromatic N) is 2. The molecule has 0 aliphatic heterocycles. The van der Waals surface area contributed by atoms with Crippen molar-refractivity contribution in [3.05, 3.63) is 65.6 Å². The maximum Gasteiger partial charge on any atom is 0.292 e. The van der Waals surface area contributed by atoms with Crippen LogP contribution in [-0.2, 0) is 0 Å². The van der Waals surface area contributed by atoms with E-state index in [4.69, 9.17) is 16.0 Å². The van der Waals surface area contributed by atoms with Gasteiger partial charge >= 0.3 is 0 Å². The van der Waals surface area contributed by atoms with Crippen LogP contribution < -0.4 is 10.6 Å². The van der Waals surface area contributed by atoms with Crippen molar-refractivity contribution in [3.63, 3.8) is 0 Å². The predicted molar refractivity (Wildman–Crippen MR) is 83.4 cm³/mol.